The van der Waals surface area contributed by atoms with Gasteiger partial charge in [0.05, 0.1) is 23.9 Å². The molecule has 146 valence electrons. The minimum absolute atomic E-state index is 0.0674. The van der Waals surface area contributed by atoms with Gasteiger partial charge in [0.1, 0.15) is 0 Å². The number of rotatable bonds is 3. The van der Waals surface area contributed by atoms with E-state index < -0.39 is 0 Å². The van der Waals surface area contributed by atoms with Gasteiger partial charge < -0.3 is 15.0 Å². The SMILES string of the molecule is O=C(NC(=S)Nc1cc(C(=O)N2CCOCC2)ccc1Cl)c1ccc(Cl)cc1. The van der Waals surface area contributed by atoms with Crippen LogP contribution >= 0.6 is 35.4 Å². The lowest BCUT2D eigenvalue weighted by molar-refractivity contribution is 0.0303. The van der Waals surface area contributed by atoms with Crippen molar-refractivity contribution in [1.82, 2.24) is 10.2 Å². The molecule has 3 rings (SSSR count). The average Bonchev–Trinajstić information content (AvgIpc) is 2.70. The summed E-state index contributed by atoms with van der Waals surface area (Å²) in [5, 5.41) is 6.41. The van der Waals surface area contributed by atoms with Crippen LogP contribution < -0.4 is 10.6 Å². The Morgan fingerprint density at radius 2 is 1.64 bits per heavy atom. The summed E-state index contributed by atoms with van der Waals surface area (Å²) in [7, 11) is 0. The fourth-order valence-electron chi connectivity index (χ4n) is 2.63. The number of hydrogen-bond acceptors (Lipinski definition) is 4. The molecule has 28 heavy (non-hydrogen) atoms. The zero-order chi connectivity index (χ0) is 20.1. The van der Waals surface area contributed by atoms with Crippen molar-refractivity contribution in [1.29, 1.82) is 0 Å². The summed E-state index contributed by atoms with van der Waals surface area (Å²) in [6, 6.07) is 11.3. The lowest BCUT2D eigenvalue weighted by atomic mass is 10.1. The fourth-order valence-corrected chi connectivity index (χ4v) is 3.13. The average molecular weight is 438 g/mol. The number of nitrogens with zero attached hydrogens (tertiary/aromatic N) is 1. The lowest BCUT2D eigenvalue weighted by Crippen LogP contribution is -2.40. The number of halogens is 2. The minimum Gasteiger partial charge on any atom is -0.378 e. The lowest BCUT2D eigenvalue weighted by Gasteiger charge is -2.27. The van der Waals surface area contributed by atoms with Crippen molar-refractivity contribution in [3.8, 4) is 0 Å². The Hall–Kier alpha value is -2.19. The highest BCUT2D eigenvalue weighted by molar-refractivity contribution is 7.80. The van der Waals surface area contributed by atoms with Crippen molar-refractivity contribution >= 4 is 58.0 Å². The van der Waals surface area contributed by atoms with Gasteiger partial charge in [-0.15, -0.1) is 0 Å². The summed E-state index contributed by atoms with van der Waals surface area (Å²) >= 11 is 17.2. The van der Waals surface area contributed by atoms with E-state index in [0.29, 0.717) is 53.2 Å². The molecule has 0 aliphatic carbocycles. The molecule has 0 unspecified atom stereocenters. The van der Waals surface area contributed by atoms with E-state index in [-0.39, 0.29) is 16.9 Å². The Kier molecular flexibility index (Phi) is 6.85. The Labute approximate surface area is 177 Å². The van der Waals surface area contributed by atoms with Crippen molar-refractivity contribution < 1.29 is 14.3 Å². The zero-order valence-electron chi connectivity index (χ0n) is 14.7. The number of hydrogen-bond donors (Lipinski definition) is 2. The molecule has 0 atom stereocenters. The quantitative estimate of drug-likeness (QED) is 0.717. The standard InChI is InChI=1S/C19H17Cl2N3O3S/c20-14-4-1-12(2-5-14)17(25)23-19(28)22-16-11-13(3-6-15(16)21)18(26)24-7-9-27-10-8-24/h1-6,11H,7-10H2,(H2,22,23,25,28). The van der Waals surface area contributed by atoms with E-state index in [1.165, 1.54) is 0 Å². The second kappa shape index (κ2) is 9.34. The maximum atomic E-state index is 12.6. The van der Waals surface area contributed by atoms with Crippen molar-refractivity contribution in [2.75, 3.05) is 31.6 Å². The number of thiocarbonyl (C=S) groups is 1. The summed E-state index contributed by atoms with van der Waals surface area (Å²) in [5.41, 5.74) is 1.32. The van der Waals surface area contributed by atoms with Crippen molar-refractivity contribution in [3.05, 3.63) is 63.6 Å². The molecule has 0 spiro atoms. The summed E-state index contributed by atoms with van der Waals surface area (Å²) in [5.74, 6) is -0.495. The van der Waals surface area contributed by atoms with Gasteiger partial charge in [-0.1, -0.05) is 23.2 Å². The molecular weight excluding hydrogens is 421 g/mol. The van der Waals surface area contributed by atoms with Crippen LogP contribution in [-0.2, 0) is 4.74 Å². The molecule has 2 aromatic rings. The summed E-state index contributed by atoms with van der Waals surface area (Å²) in [6.07, 6.45) is 0. The molecule has 1 aliphatic heterocycles. The van der Waals surface area contributed by atoms with E-state index in [2.05, 4.69) is 10.6 Å². The first-order chi connectivity index (χ1) is 13.4. The summed E-state index contributed by atoms with van der Waals surface area (Å²) < 4.78 is 5.27. The largest absolute Gasteiger partial charge is 0.378 e. The number of benzene rings is 2. The highest BCUT2D eigenvalue weighted by Gasteiger charge is 2.19. The zero-order valence-corrected chi connectivity index (χ0v) is 17.0. The van der Waals surface area contributed by atoms with Crippen LogP contribution in [0.1, 0.15) is 20.7 Å². The van der Waals surface area contributed by atoms with Gasteiger partial charge in [-0.05, 0) is 54.7 Å². The van der Waals surface area contributed by atoms with Gasteiger partial charge in [0.25, 0.3) is 11.8 Å². The molecule has 2 aromatic carbocycles. The summed E-state index contributed by atoms with van der Waals surface area (Å²) in [6.45, 7) is 2.12. The van der Waals surface area contributed by atoms with Crippen LogP contribution in [0.3, 0.4) is 0 Å². The second-order valence-corrected chi connectivity index (χ2v) is 7.27. The molecule has 1 fully saturated rings. The predicted octanol–water partition coefficient (Wildman–Crippen LogP) is 3.59. The molecule has 9 heteroatoms. The topological polar surface area (TPSA) is 70.7 Å². The van der Waals surface area contributed by atoms with Crippen molar-refractivity contribution in [2.45, 2.75) is 0 Å². The van der Waals surface area contributed by atoms with E-state index in [0.717, 1.165) is 0 Å². The Morgan fingerprint density at radius 1 is 1.00 bits per heavy atom. The van der Waals surface area contributed by atoms with Crippen LogP contribution in [0.15, 0.2) is 42.5 Å². The second-order valence-electron chi connectivity index (χ2n) is 6.01. The molecule has 1 aliphatic rings. The van der Waals surface area contributed by atoms with Crippen molar-refractivity contribution in [2.24, 2.45) is 0 Å². The van der Waals surface area contributed by atoms with Crippen LogP contribution in [0.2, 0.25) is 10.0 Å². The van der Waals surface area contributed by atoms with Crippen LogP contribution in [-0.4, -0.2) is 48.1 Å². The molecule has 1 heterocycles. The molecule has 0 saturated carbocycles. The first kappa shape index (κ1) is 20.5. The summed E-state index contributed by atoms with van der Waals surface area (Å²) in [4.78, 5) is 26.6. The number of carbonyl (C=O) groups excluding carboxylic acids is 2. The smallest absolute Gasteiger partial charge is 0.257 e. The van der Waals surface area contributed by atoms with Gasteiger partial charge in [0, 0.05) is 29.2 Å². The molecule has 1 saturated heterocycles. The molecule has 0 bridgehead atoms. The predicted molar refractivity (Wildman–Crippen MR) is 113 cm³/mol. The highest BCUT2D eigenvalue weighted by Crippen LogP contribution is 2.24. The third-order valence-electron chi connectivity index (χ3n) is 4.09. The third-order valence-corrected chi connectivity index (χ3v) is 4.88. The van der Waals surface area contributed by atoms with E-state index in [9.17, 15) is 9.59 Å². The fraction of sp³-hybridized carbons (Fsp3) is 0.211. The molecule has 2 amide bonds. The number of morpholine rings is 1. The monoisotopic (exact) mass is 437 g/mol. The Balaban J connectivity index is 1.67. The van der Waals surface area contributed by atoms with Gasteiger partial charge in [0.2, 0.25) is 0 Å². The van der Waals surface area contributed by atoms with Crippen molar-refractivity contribution in [3.63, 3.8) is 0 Å². The number of ether oxygens (including phenoxy) is 1. The maximum Gasteiger partial charge on any atom is 0.257 e. The van der Waals surface area contributed by atoms with Gasteiger partial charge in [0.15, 0.2) is 5.11 Å². The molecule has 6 nitrogen and oxygen atoms in total. The Morgan fingerprint density at radius 3 is 2.32 bits per heavy atom. The minimum atomic E-state index is -0.383. The van der Waals surface area contributed by atoms with Gasteiger partial charge in [-0.3, -0.25) is 14.9 Å². The molecule has 0 radical (unpaired) electrons. The first-order valence-corrected chi connectivity index (χ1v) is 9.65. The number of anilines is 1. The first-order valence-electron chi connectivity index (χ1n) is 8.48. The van der Waals surface area contributed by atoms with Crippen LogP contribution in [0, 0.1) is 0 Å². The van der Waals surface area contributed by atoms with E-state index in [1.54, 1.807) is 47.4 Å². The third kappa shape index (κ3) is 5.20. The van der Waals surface area contributed by atoms with E-state index >= 15 is 0 Å². The molecular formula is C19H17Cl2N3O3S. The van der Waals surface area contributed by atoms with Crippen LogP contribution in [0.4, 0.5) is 5.69 Å². The normalized spacial score (nSPS) is 13.7. The Bertz CT molecular complexity index is 900. The van der Waals surface area contributed by atoms with E-state index in [4.69, 9.17) is 40.2 Å². The number of carbonyl (C=O) groups is 2. The van der Waals surface area contributed by atoms with Gasteiger partial charge in [-0.2, -0.15) is 0 Å². The molecule has 2 N–H and O–H groups in total. The maximum absolute atomic E-state index is 12.6. The highest BCUT2D eigenvalue weighted by atomic mass is 35.5. The van der Waals surface area contributed by atoms with Gasteiger partial charge >= 0.3 is 0 Å². The molecule has 0 aromatic heterocycles. The van der Waals surface area contributed by atoms with Crippen LogP contribution in [0.5, 0.6) is 0 Å². The van der Waals surface area contributed by atoms with E-state index in [1.807, 2.05) is 0 Å². The number of nitrogens with one attached hydrogen (secondary N) is 2. The van der Waals surface area contributed by atoms with Gasteiger partial charge in [-0.25, -0.2) is 0 Å². The van der Waals surface area contributed by atoms with Crippen LogP contribution in [0.25, 0.3) is 0 Å². The number of amides is 2.